The fraction of sp³-hybridized carbons (Fsp3) is 0.105. The van der Waals surface area contributed by atoms with Crippen molar-refractivity contribution < 1.29 is 23.1 Å². The van der Waals surface area contributed by atoms with Crippen LogP contribution in [0.25, 0.3) is 17.0 Å². The van der Waals surface area contributed by atoms with Crippen molar-refractivity contribution in [2.24, 2.45) is 0 Å². The lowest BCUT2D eigenvalue weighted by Gasteiger charge is -2.09. The number of furan rings is 1. The number of carbonyl (C=O) groups is 1. The highest BCUT2D eigenvalue weighted by atomic mass is 19.1. The molecule has 0 radical (unpaired) electrons. The van der Waals surface area contributed by atoms with Gasteiger partial charge >= 0.3 is 0 Å². The summed E-state index contributed by atoms with van der Waals surface area (Å²) in [6.45, 7) is 0. The number of ether oxygens (including phenoxy) is 2. The summed E-state index contributed by atoms with van der Waals surface area (Å²) < 4.78 is 29.4. The van der Waals surface area contributed by atoms with E-state index >= 15 is 0 Å². The van der Waals surface area contributed by atoms with E-state index in [1.165, 1.54) is 31.4 Å². The standard InChI is InChI=1S/C19H15FO4/c1-22-17-11-13(18(23-2)15-8-9-24-19(15)17)6-7-16(21)12-4-3-5-14(20)10-12/h3-11H,1-2H3/b7-6+. The van der Waals surface area contributed by atoms with Crippen molar-refractivity contribution in [1.29, 1.82) is 0 Å². The second-order valence-corrected chi connectivity index (χ2v) is 5.07. The van der Waals surface area contributed by atoms with Gasteiger partial charge in [-0.2, -0.15) is 0 Å². The number of halogens is 1. The SMILES string of the molecule is COc1c(/C=C/C(=O)c2cccc(F)c2)cc(OC)c2occc12. The molecular weight excluding hydrogens is 311 g/mol. The molecule has 0 spiro atoms. The van der Waals surface area contributed by atoms with Gasteiger partial charge in [0.2, 0.25) is 0 Å². The lowest BCUT2D eigenvalue weighted by Crippen LogP contribution is -1.95. The van der Waals surface area contributed by atoms with E-state index in [9.17, 15) is 9.18 Å². The molecule has 0 saturated heterocycles. The third-order valence-electron chi connectivity index (χ3n) is 3.63. The zero-order chi connectivity index (χ0) is 17.1. The van der Waals surface area contributed by atoms with Crippen LogP contribution >= 0.6 is 0 Å². The van der Waals surface area contributed by atoms with Crippen molar-refractivity contribution in [2.45, 2.75) is 0 Å². The molecule has 24 heavy (non-hydrogen) atoms. The smallest absolute Gasteiger partial charge is 0.185 e. The first kappa shape index (κ1) is 15.8. The molecule has 0 amide bonds. The van der Waals surface area contributed by atoms with Crippen molar-refractivity contribution in [2.75, 3.05) is 14.2 Å². The molecule has 122 valence electrons. The van der Waals surface area contributed by atoms with E-state index in [2.05, 4.69) is 0 Å². The van der Waals surface area contributed by atoms with Gasteiger partial charge in [-0.3, -0.25) is 4.79 Å². The highest BCUT2D eigenvalue weighted by molar-refractivity contribution is 6.07. The Labute approximate surface area is 138 Å². The number of carbonyl (C=O) groups excluding carboxylic acids is 1. The van der Waals surface area contributed by atoms with Crippen molar-refractivity contribution in [3.8, 4) is 11.5 Å². The molecule has 0 aliphatic rings. The first-order valence-corrected chi connectivity index (χ1v) is 7.24. The van der Waals surface area contributed by atoms with Crippen molar-refractivity contribution in [3.63, 3.8) is 0 Å². The van der Waals surface area contributed by atoms with Crippen molar-refractivity contribution in [3.05, 3.63) is 65.7 Å². The Hall–Kier alpha value is -3.08. The predicted octanol–water partition coefficient (Wildman–Crippen LogP) is 4.49. The van der Waals surface area contributed by atoms with Gasteiger partial charge in [-0.1, -0.05) is 12.1 Å². The molecular formula is C19H15FO4. The number of methoxy groups -OCH3 is 2. The molecule has 1 heterocycles. The number of hydrogen-bond donors (Lipinski definition) is 0. The van der Waals surface area contributed by atoms with Crippen molar-refractivity contribution in [1.82, 2.24) is 0 Å². The molecule has 0 bridgehead atoms. The van der Waals surface area contributed by atoms with E-state index in [0.717, 1.165) is 5.39 Å². The van der Waals surface area contributed by atoms with Gasteiger partial charge in [0.1, 0.15) is 11.6 Å². The maximum absolute atomic E-state index is 13.2. The van der Waals surface area contributed by atoms with E-state index in [0.29, 0.717) is 22.6 Å². The Bertz CT molecular complexity index is 924. The highest BCUT2D eigenvalue weighted by Crippen LogP contribution is 2.38. The van der Waals surface area contributed by atoms with Gasteiger partial charge in [0, 0.05) is 11.1 Å². The van der Waals surface area contributed by atoms with Crippen LogP contribution < -0.4 is 9.47 Å². The van der Waals surface area contributed by atoms with Gasteiger partial charge in [0.15, 0.2) is 17.1 Å². The molecule has 3 aromatic rings. The Morgan fingerprint density at radius 3 is 2.71 bits per heavy atom. The summed E-state index contributed by atoms with van der Waals surface area (Å²) in [5.74, 6) is 0.354. The number of hydrogen-bond acceptors (Lipinski definition) is 4. The fourth-order valence-electron chi connectivity index (χ4n) is 2.51. The van der Waals surface area contributed by atoms with Crippen LogP contribution in [0.1, 0.15) is 15.9 Å². The quantitative estimate of drug-likeness (QED) is 0.512. The normalized spacial score (nSPS) is 11.1. The second kappa shape index (κ2) is 6.58. The minimum atomic E-state index is -0.451. The summed E-state index contributed by atoms with van der Waals surface area (Å²) in [7, 11) is 3.08. The maximum atomic E-state index is 13.2. The van der Waals surface area contributed by atoms with Gasteiger partial charge in [-0.05, 0) is 36.4 Å². The number of ketones is 1. The molecule has 0 atom stereocenters. The summed E-state index contributed by atoms with van der Waals surface area (Å²) >= 11 is 0. The maximum Gasteiger partial charge on any atom is 0.185 e. The Morgan fingerprint density at radius 2 is 2.00 bits per heavy atom. The van der Waals surface area contributed by atoms with Gasteiger partial charge in [0.05, 0.1) is 25.9 Å². The summed E-state index contributed by atoms with van der Waals surface area (Å²) in [5.41, 5.74) is 1.51. The third-order valence-corrected chi connectivity index (χ3v) is 3.63. The zero-order valence-corrected chi connectivity index (χ0v) is 13.2. The predicted molar refractivity (Wildman–Crippen MR) is 89.1 cm³/mol. The molecule has 0 fully saturated rings. The topological polar surface area (TPSA) is 48.7 Å². The van der Waals surface area contributed by atoms with Crippen LogP contribution in [0.2, 0.25) is 0 Å². The third kappa shape index (κ3) is 2.88. The second-order valence-electron chi connectivity index (χ2n) is 5.07. The minimum absolute atomic E-state index is 0.279. The first-order chi connectivity index (χ1) is 11.6. The molecule has 0 aliphatic carbocycles. The highest BCUT2D eigenvalue weighted by Gasteiger charge is 2.14. The van der Waals surface area contributed by atoms with Crippen LogP contribution in [0.4, 0.5) is 4.39 Å². The van der Waals surface area contributed by atoms with Crippen LogP contribution in [-0.2, 0) is 0 Å². The van der Waals surface area contributed by atoms with Gasteiger partial charge < -0.3 is 13.9 Å². The van der Waals surface area contributed by atoms with Gasteiger partial charge in [0.25, 0.3) is 0 Å². The largest absolute Gasteiger partial charge is 0.495 e. The molecule has 1 aromatic heterocycles. The summed E-state index contributed by atoms with van der Waals surface area (Å²) in [6.07, 6.45) is 4.53. The minimum Gasteiger partial charge on any atom is -0.495 e. The van der Waals surface area contributed by atoms with E-state index in [-0.39, 0.29) is 11.3 Å². The number of rotatable bonds is 5. The molecule has 3 rings (SSSR count). The lowest BCUT2D eigenvalue weighted by molar-refractivity contribution is 0.104. The fourth-order valence-corrected chi connectivity index (χ4v) is 2.51. The van der Waals surface area contributed by atoms with E-state index in [1.54, 1.807) is 37.6 Å². The van der Waals surface area contributed by atoms with Gasteiger partial charge in [-0.25, -0.2) is 4.39 Å². The lowest BCUT2D eigenvalue weighted by atomic mass is 10.1. The number of benzene rings is 2. The average molecular weight is 326 g/mol. The van der Waals surface area contributed by atoms with Crippen LogP contribution in [0, 0.1) is 5.82 Å². The van der Waals surface area contributed by atoms with Gasteiger partial charge in [-0.15, -0.1) is 0 Å². The molecule has 0 unspecified atom stereocenters. The van der Waals surface area contributed by atoms with Crippen LogP contribution in [-0.4, -0.2) is 20.0 Å². The van der Waals surface area contributed by atoms with Crippen LogP contribution in [0.15, 0.2) is 53.2 Å². The van der Waals surface area contributed by atoms with Crippen molar-refractivity contribution >= 4 is 22.8 Å². The van der Waals surface area contributed by atoms with E-state index < -0.39 is 5.82 Å². The zero-order valence-electron chi connectivity index (χ0n) is 13.2. The Balaban J connectivity index is 2.01. The average Bonchev–Trinajstić information content (AvgIpc) is 3.08. The molecule has 5 heteroatoms. The summed E-state index contributed by atoms with van der Waals surface area (Å²) in [6, 6.07) is 9.04. The molecule has 2 aromatic carbocycles. The first-order valence-electron chi connectivity index (χ1n) is 7.24. The number of allylic oxidation sites excluding steroid dienone is 1. The number of fused-ring (bicyclic) bond motifs is 1. The molecule has 0 N–H and O–H groups in total. The molecule has 0 saturated carbocycles. The summed E-state index contributed by atoms with van der Waals surface area (Å²) in [5, 5.41) is 0.745. The Morgan fingerprint density at radius 1 is 1.17 bits per heavy atom. The van der Waals surface area contributed by atoms with E-state index in [4.69, 9.17) is 13.9 Å². The molecule has 0 aliphatic heterocycles. The Kier molecular flexibility index (Phi) is 4.33. The monoisotopic (exact) mass is 326 g/mol. The van der Waals surface area contributed by atoms with E-state index in [1.807, 2.05) is 0 Å². The van der Waals surface area contributed by atoms with Crippen LogP contribution in [0.3, 0.4) is 0 Å². The molecule has 4 nitrogen and oxygen atoms in total. The summed E-state index contributed by atoms with van der Waals surface area (Å²) in [4.78, 5) is 12.2. The van der Waals surface area contributed by atoms with Crippen LogP contribution in [0.5, 0.6) is 11.5 Å².